The molecule has 0 fully saturated rings. The van der Waals surface area contributed by atoms with Gasteiger partial charge < -0.3 is 4.90 Å². The van der Waals surface area contributed by atoms with Crippen LogP contribution in [0.1, 0.15) is 22.4 Å². The quantitative estimate of drug-likeness (QED) is 0.449. The molecule has 2 aromatic carbocycles. The summed E-state index contributed by atoms with van der Waals surface area (Å²) >= 11 is 0. The lowest BCUT2D eigenvalue weighted by Crippen LogP contribution is -2.15. The summed E-state index contributed by atoms with van der Waals surface area (Å²) in [6, 6.07) is 5.67. The van der Waals surface area contributed by atoms with E-state index in [-0.39, 0.29) is 23.5 Å². The lowest BCUT2D eigenvalue weighted by molar-refractivity contribution is -0.140. The van der Waals surface area contributed by atoms with Gasteiger partial charge in [0.25, 0.3) is 0 Å². The van der Waals surface area contributed by atoms with E-state index in [1.54, 1.807) is 0 Å². The number of aromatic nitrogens is 2. The van der Waals surface area contributed by atoms with Crippen LogP contribution < -0.4 is 4.90 Å². The molecule has 0 radical (unpaired) electrons. The molecule has 0 amide bonds. The molecule has 0 spiro atoms. The maximum Gasteiger partial charge on any atom is 0.419 e. The first kappa shape index (κ1) is 22.4. The molecule has 11 heteroatoms. The second-order valence-corrected chi connectivity index (χ2v) is 6.58. The van der Waals surface area contributed by atoms with Gasteiger partial charge in [0.15, 0.2) is 0 Å². The highest BCUT2D eigenvalue weighted by Gasteiger charge is 2.34. The van der Waals surface area contributed by atoms with Crippen LogP contribution in [0.3, 0.4) is 0 Å². The minimum atomic E-state index is -4.88. The van der Waals surface area contributed by atoms with Crippen LogP contribution in [0.25, 0.3) is 0 Å². The monoisotopic (exact) mass is 447 g/mol. The zero-order chi connectivity index (χ0) is 23.0. The second-order valence-electron chi connectivity index (χ2n) is 6.58. The van der Waals surface area contributed by atoms with Crippen LogP contribution in [0.4, 0.5) is 46.6 Å². The van der Waals surface area contributed by atoms with Crippen molar-refractivity contribution < 1.29 is 35.1 Å². The van der Waals surface area contributed by atoms with Gasteiger partial charge in [-0.1, -0.05) is 6.07 Å². The Labute approximate surface area is 171 Å². The Hall–Kier alpha value is -3.24. The Balaban J connectivity index is 1.91. The van der Waals surface area contributed by atoms with Crippen molar-refractivity contribution in [2.24, 2.45) is 0 Å². The Bertz CT molecular complexity index is 1090. The summed E-state index contributed by atoms with van der Waals surface area (Å²) < 4.78 is 105. The predicted octanol–water partition coefficient (Wildman–Crippen LogP) is 6.15. The molecule has 0 aliphatic carbocycles. The fraction of sp³-hybridized carbons (Fsp3) is 0.200. The highest BCUT2D eigenvalue weighted by atomic mass is 19.4. The van der Waals surface area contributed by atoms with Gasteiger partial charge in [0, 0.05) is 19.5 Å². The summed E-state index contributed by atoms with van der Waals surface area (Å²) in [6.07, 6.45) is -8.66. The number of hydrogen-bond donors (Lipinski definition) is 0. The molecule has 31 heavy (non-hydrogen) atoms. The topological polar surface area (TPSA) is 29.0 Å². The number of anilines is 2. The van der Waals surface area contributed by atoms with Crippen molar-refractivity contribution in [2.45, 2.75) is 18.8 Å². The summed E-state index contributed by atoms with van der Waals surface area (Å²) in [5.41, 5.74) is -2.59. The van der Waals surface area contributed by atoms with E-state index in [0.29, 0.717) is 30.3 Å². The number of hydrogen-bond acceptors (Lipinski definition) is 3. The standard InChI is InChI=1S/C20H13F8N3/c1-31(17-8-12(19(23,24)25)3-5-16(17)22)18-9-13(29-10-30-18)6-11-2-4-15(21)14(7-11)20(26,27)28/h2-5,7-10H,6H2,1H3. The normalized spacial score (nSPS) is 12.2. The van der Waals surface area contributed by atoms with E-state index in [2.05, 4.69) is 9.97 Å². The number of nitrogens with zero attached hydrogens (tertiary/aromatic N) is 3. The largest absolute Gasteiger partial charge is 0.419 e. The highest BCUT2D eigenvalue weighted by Crippen LogP contribution is 2.35. The SMILES string of the molecule is CN(c1cc(Cc2ccc(F)c(C(F)(F)F)c2)ncn1)c1cc(C(F)(F)F)ccc1F. The zero-order valence-electron chi connectivity index (χ0n) is 15.7. The molecule has 0 saturated carbocycles. The van der Waals surface area contributed by atoms with Gasteiger partial charge in [0.05, 0.1) is 22.5 Å². The molecule has 1 heterocycles. The van der Waals surface area contributed by atoms with E-state index >= 15 is 0 Å². The van der Waals surface area contributed by atoms with Crippen molar-refractivity contribution in [3.8, 4) is 0 Å². The van der Waals surface area contributed by atoms with Crippen molar-refractivity contribution in [3.05, 3.63) is 82.8 Å². The molecular formula is C20H13F8N3. The smallest absolute Gasteiger partial charge is 0.327 e. The minimum absolute atomic E-state index is 0.0152. The Morgan fingerprint density at radius 1 is 0.806 bits per heavy atom. The summed E-state index contributed by atoms with van der Waals surface area (Å²) in [5, 5.41) is 0. The molecule has 0 atom stereocenters. The minimum Gasteiger partial charge on any atom is -0.327 e. The molecule has 3 aromatic rings. The fourth-order valence-corrected chi connectivity index (χ4v) is 2.84. The average molecular weight is 447 g/mol. The molecule has 0 saturated heterocycles. The first-order valence-electron chi connectivity index (χ1n) is 8.63. The zero-order valence-corrected chi connectivity index (χ0v) is 15.7. The molecule has 164 valence electrons. The van der Waals surface area contributed by atoms with Crippen LogP contribution in [-0.2, 0) is 18.8 Å². The number of rotatable bonds is 4. The van der Waals surface area contributed by atoms with Crippen LogP contribution in [-0.4, -0.2) is 17.0 Å². The van der Waals surface area contributed by atoms with Gasteiger partial charge in [-0.2, -0.15) is 26.3 Å². The first-order valence-corrected chi connectivity index (χ1v) is 8.63. The number of halogens is 8. The first-order chi connectivity index (χ1) is 14.4. The van der Waals surface area contributed by atoms with Gasteiger partial charge in [-0.05, 0) is 35.9 Å². The van der Waals surface area contributed by atoms with Gasteiger partial charge >= 0.3 is 12.4 Å². The molecule has 0 N–H and O–H groups in total. The highest BCUT2D eigenvalue weighted by molar-refractivity contribution is 5.61. The second kappa shape index (κ2) is 8.12. The molecule has 0 aliphatic heterocycles. The fourth-order valence-electron chi connectivity index (χ4n) is 2.84. The predicted molar refractivity (Wildman–Crippen MR) is 95.7 cm³/mol. The molecule has 3 nitrogen and oxygen atoms in total. The van der Waals surface area contributed by atoms with E-state index in [9.17, 15) is 35.1 Å². The lowest BCUT2D eigenvalue weighted by atomic mass is 10.1. The molecule has 3 rings (SSSR count). The summed E-state index contributed by atoms with van der Waals surface area (Å²) in [4.78, 5) is 8.86. The van der Waals surface area contributed by atoms with E-state index in [0.717, 1.165) is 17.3 Å². The molecule has 0 bridgehead atoms. The number of benzene rings is 2. The van der Waals surface area contributed by atoms with E-state index in [1.807, 2.05) is 0 Å². The van der Waals surface area contributed by atoms with Crippen LogP contribution in [0.15, 0.2) is 48.8 Å². The third-order valence-corrected chi connectivity index (χ3v) is 4.41. The maximum absolute atomic E-state index is 14.1. The molecule has 1 aromatic heterocycles. The van der Waals surface area contributed by atoms with Crippen LogP contribution in [0.5, 0.6) is 0 Å². The Morgan fingerprint density at radius 3 is 2.13 bits per heavy atom. The van der Waals surface area contributed by atoms with Crippen LogP contribution in [0, 0.1) is 11.6 Å². The van der Waals surface area contributed by atoms with Crippen molar-refractivity contribution in [1.82, 2.24) is 9.97 Å². The van der Waals surface area contributed by atoms with Crippen molar-refractivity contribution in [2.75, 3.05) is 11.9 Å². The Morgan fingerprint density at radius 2 is 1.48 bits per heavy atom. The van der Waals surface area contributed by atoms with Crippen LogP contribution >= 0.6 is 0 Å². The van der Waals surface area contributed by atoms with E-state index in [1.165, 1.54) is 13.1 Å². The van der Waals surface area contributed by atoms with Gasteiger partial charge in [-0.25, -0.2) is 18.7 Å². The third-order valence-electron chi connectivity index (χ3n) is 4.41. The van der Waals surface area contributed by atoms with Crippen molar-refractivity contribution >= 4 is 11.5 Å². The Kier molecular flexibility index (Phi) is 5.88. The number of alkyl halides is 6. The maximum atomic E-state index is 14.1. The van der Waals surface area contributed by atoms with E-state index in [4.69, 9.17) is 0 Å². The van der Waals surface area contributed by atoms with Gasteiger partial charge in [-0.3, -0.25) is 0 Å². The van der Waals surface area contributed by atoms with Gasteiger partial charge in [0.2, 0.25) is 0 Å². The van der Waals surface area contributed by atoms with Gasteiger partial charge in [0.1, 0.15) is 23.8 Å². The summed E-state index contributed by atoms with van der Waals surface area (Å²) in [7, 11) is 1.28. The van der Waals surface area contributed by atoms with Crippen LogP contribution in [0.2, 0.25) is 0 Å². The summed E-state index contributed by atoms with van der Waals surface area (Å²) in [6.45, 7) is 0. The molecule has 0 aliphatic rings. The average Bonchev–Trinajstić information content (AvgIpc) is 2.68. The third kappa shape index (κ3) is 5.09. The lowest BCUT2D eigenvalue weighted by Gasteiger charge is -2.20. The summed E-state index contributed by atoms with van der Waals surface area (Å²) in [5.74, 6) is -2.33. The van der Waals surface area contributed by atoms with Crippen molar-refractivity contribution in [1.29, 1.82) is 0 Å². The van der Waals surface area contributed by atoms with Crippen molar-refractivity contribution in [3.63, 3.8) is 0 Å². The molecule has 0 unspecified atom stereocenters. The molecular weight excluding hydrogens is 434 g/mol. The van der Waals surface area contributed by atoms with E-state index < -0.39 is 40.8 Å². The van der Waals surface area contributed by atoms with Gasteiger partial charge in [-0.15, -0.1) is 0 Å².